The molecule has 0 aliphatic carbocycles. The van der Waals surface area contributed by atoms with Crippen molar-refractivity contribution < 1.29 is 13.2 Å². The lowest BCUT2D eigenvalue weighted by Gasteiger charge is -2.32. The summed E-state index contributed by atoms with van der Waals surface area (Å²) in [5.41, 5.74) is 3.13. The van der Waals surface area contributed by atoms with Gasteiger partial charge in [0, 0.05) is 28.8 Å². The minimum Gasteiger partial charge on any atom is -0.316 e. The van der Waals surface area contributed by atoms with Crippen LogP contribution in [-0.4, -0.2) is 22.6 Å². The van der Waals surface area contributed by atoms with E-state index in [2.05, 4.69) is 29.2 Å². The molecule has 0 bridgehead atoms. The zero-order valence-corrected chi connectivity index (χ0v) is 18.8. The predicted molar refractivity (Wildman–Crippen MR) is 127 cm³/mol. The van der Waals surface area contributed by atoms with E-state index in [4.69, 9.17) is 11.6 Å². The van der Waals surface area contributed by atoms with Gasteiger partial charge in [-0.1, -0.05) is 54.1 Å². The number of hydrogen-bond acceptors (Lipinski definition) is 1. The molecule has 6 heteroatoms. The SMILES string of the molecule is FC(F)(F)c1cccc(-n2cc(CN3CCC(c4ccccc4)CC3)c3ccc(Cl)cc32)c1. The van der Waals surface area contributed by atoms with Crippen molar-refractivity contribution in [3.8, 4) is 5.69 Å². The van der Waals surface area contributed by atoms with Gasteiger partial charge in [-0.3, -0.25) is 4.90 Å². The summed E-state index contributed by atoms with van der Waals surface area (Å²) in [6, 6.07) is 21.7. The van der Waals surface area contributed by atoms with Gasteiger partial charge in [0.05, 0.1) is 11.1 Å². The van der Waals surface area contributed by atoms with Gasteiger partial charge in [0.15, 0.2) is 0 Å². The molecular formula is C27H24ClF3N2. The third kappa shape index (κ3) is 4.66. The maximum absolute atomic E-state index is 13.3. The van der Waals surface area contributed by atoms with Crippen molar-refractivity contribution in [3.05, 3.63) is 101 Å². The van der Waals surface area contributed by atoms with Gasteiger partial charge < -0.3 is 4.57 Å². The highest BCUT2D eigenvalue weighted by atomic mass is 35.5. The van der Waals surface area contributed by atoms with Crippen LogP contribution in [0.3, 0.4) is 0 Å². The third-order valence-corrected chi connectivity index (χ3v) is 6.79. The van der Waals surface area contributed by atoms with Crippen LogP contribution in [0.5, 0.6) is 0 Å². The normalized spacial score (nSPS) is 15.9. The number of fused-ring (bicyclic) bond motifs is 1. The molecule has 1 fully saturated rings. The molecule has 0 spiro atoms. The monoisotopic (exact) mass is 468 g/mol. The number of likely N-dealkylation sites (tertiary alicyclic amines) is 1. The van der Waals surface area contributed by atoms with Crippen molar-refractivity contribution in [1.29, 1.82) is 0 Å². The van der Waals surface area contributed by atoms with Crippen LogP contribution < -0.4 is 0 Å². The molecule has 33 heavy (non-hydrogen) atoms. The fourth-order valence-corrected chi connectivity index (χ4v) is 5.00. The second-order valence-corrected chi connectivity index (χ2v) is 9.13. The van der Waals surface area contributed by atoms with Gasteiger partial charge in [-0.15, -0.1) is 0 Å². The maximum Gasteiger partial charge on any atom is 0.416 e. The number of benzene rings is 3. The summed E-state index contributed by atoms with van der Waals surface area (Å²) in [6.45, 7) is 2.73. The topological polar surface area (TPSA) is 8.17 Å². The molecule has 3 aromatic carbocycles. The summed E-state index contributed by atoms with van der Waals surface area (Å²) in [7, 11) is 0. The Morgan fingerprint density at radius 1 is 0.879 bits per heavy atom. The molecule has 0 unspecified atom stereocenters. The first-order chi connectivity index (χ1) is 15.9. The number of nitrogens with zero attached hydrogens (tertiary/aromatic N) is 2. The Kier molecular flexibility index (Phi) is 5.94. The molecule has 1 aliphatic rings. The van der Waals surface area contributed by atoms with Crippen LogP contribution in [0.1, 0.15) is 35.4 Å². The summed E-state index contributed by atoms with van der Waals surface area (Å²) < 4.78 is 41.7. The molecule has 1 aliphatic heterocycles. The highest BCUT2D eigenvalue weighted by Gasteiger charge is 2.30. The minimum atomic E-state index is -4.39. The number of aromatic nitrogens is 1. The molecule has 0 amide bonds. The quantitative estimate of drug-likeness (QED) is 0.298. The second-order valence-electron chi connectivity index (χ2n) is 8.70. The zero-order valence-electron chi connectivity index (χ0n) is 18.0. The smallest absolute Gasteiger partial charge is 0.316 e. The van der Waals surface area contributed by atoms with Crippen LogP contribution >= 0.6 is 11.6 Å². The van der Waals surface area contributed by atoms with Crippen molar-refractivity contribution in [2.75, 3.05) is 13.1 Å². The van der Waals surface area contributed by atoms with E-state index in [1.165, 1.54) is 17.7 Å². The molecule has 5 rings (SSSR count). The molecule has 0 radical (unpaired) electrons. The standard InChI is InChI=1S/C27H24ClF3N2/c28-23-9-10-25-21(17-32-13-11-20(12-14-32)19-5-2-1-3-6-19)18-33(26(25)16-23)24-8-4-7-22(15-24)27(29,30)31/h1-10,15-16,18,20H,11-14,17H2. The van der Waals surface area contributed by atoms with Crippen LogP contribution in [0.2, 0.25) is 5.02 Å². The lowest BCUT2D eigenvalue weighted by molar-refractivity contribution is -0.137. The van der Waals surface area contributed by atoms with Crippen molar-refractivity contribution >= 4 is 22.5 Å². The Labute approximate surface area is 196 Å². The lowest BCUT2D eigenvalue weighted by Crippen LogP contribution is -2.32. The average Bonchev–Trinajstić information content (AvgIpc) is 3.17. The van der Waals surface area contributed by atoms with E-state index in [0.29, 0.717) is 16.6 Å². The maximum atomic E-state index is 13.3. The Hall–Kier alpha value is -2.76. The molecule has 1 saturated heterocycles. The number of hydrogen-bond donors (Lipinski definition) is 0. The van der Waals surface area contributed by atoms with Crippen molar-refractivity contribution in [2.24, 2.45) is 0 Å². The highest BCUT2D eigenvalue weighted by Crippen LogP contribution is 2.34. The second kappa shape index (κ2) is 8.88. The first kappa shape index (κ1) is 22.1. The Morgan fingerprint density at radius 2 is 1.64 bits per heavy atom. The van der Waals surface area contributed by atoms with Gasteiger partial charge >= 0.3 is 6.18 Å². The van der Waals surface area contributed by atoms with E-state index >= 15 is 0 Å². The molecule has 0 N–H and O–H groups in total. The Bertz CT molecular complexity index is 1260. The first-order valence-corrected chi connectivity index (χ1v) is 11.5. The number of alkyl halides is 3. The highest BCUT2D eigenvalue weighted by molar-refractivity contribution is 6.31. The third-order valence-electron chi connectivity index (χ3n) is 6.55. The first-order valence-electron chi connectivity index (χ1n) is 11.1. The Balaban J connectivity index is 1.42. The van der Waals surface area contributed by atoms with E-state index in [1.54, 1.807) is 6.07 Å². The fraction of sp³-hybridized carbons (Fsp3) is 0.259. The van der Waals surface area contributed by atoms with Crippen LogP contribution in [0.4, 0.5) is 13.2 Å². The van der Waals surface area contributed by atoms with Crippen LogP contribution in [0, 0.1) is 0 Å². The van der Waals surface area contributed by atoms with Crippen molar-refractivity contribution in [3.63, 3.8) is 0 Å². The summed E-state index contributed by atoms with van der Waals surface area (Å²) in [5, 5.41) is 1.58. The van der Waals surface area contributed by atoms with Gasteiger partial charge in [-0.05, 0) is 73.3 Å². The number of rotatable bonds is 4. The predicted octanol–water partition coefficient (Wildman–Crippen LogP) is 7.68. The lowest BCUT2D eigenvalue weighted by atomic mass is 9.89. The molecule has 2 nitrogen and oxygen atoms in total. The zero-order chi connectivity index (χ0) is 23.0. The average molecular weight is 469 g/mol. The van der Waals surface area contributed by atoms with Gasteiger partial charge in [-0.2, -0.15) is 13.2 Å². The van der Waals surface area contributed by atoms with E-state index < -0.39 is 11.7 Å². The Morgan fingerprint density at radius 3 is 2.36 bits per heavy atom. The largest absolute Gasteiger partial charge is 0.416 e. The van der Waals surface area contributed by atoms with E-state index in [9.17, 15) is 13.2 Å². The van der Waals surface area contributed by atoms with Gasteiger partial charge in [-0.25, -0.2) is 0 Å². The molecule has 4 aromatic rings. The van der Waals surface area contributed by atoms with E-state index in [0.717, 1.165) is 55.0 Å². The fourth-order valence-electron chi connectivity index (χ4n) is 4.83. The summed E-state index contributed by atoms with van der Waals surface area (Å²) in [5.74, 6) is 0.577. The summed E-state index contributed by atoms with van der Waals surface area (Å²) >= 11 is 6.25. The summed E-state index contributed by atoms with van der Waals surface area (Å²) in [6.07, 6.45) is -0.230. The summed E-state index contributed by atoms with van der Waals surface area (Å²) in [4.78, 5) is 2.43. The van der Waals surface area contributed by atoms with Crippen LogP contribution in [-0.2, 0) is 12.7 Å². The van der Waals surface area contributed by atoms with Gasteiger partial charge in [0.25, 0.3) is 0 Å². The number of piperidine rings is 1. The molecule has 0 saturated carbocycles. The van der Waals surface area contributed by atoms with Crippen LogP contribution in [0.25, 0.3) is 16.6 Å². The molecule has 1 aromatic heterocycles. The van der Waals surface area contributed by atoms with Gasteiger partial charge in [0.2, 0.25) is 0 Å². The molecule has 0 atom stereocenters. The van der Waals surface area contributed by atoms with Gasteiger partial charge in [0.1, 0.15) is 0 Å². The van der Waals surface area contributed by atoms with Crippen molar-refractivity contribution in [1.82, 2.24) is 9.47 Å². The van der Waals surface area contributed by atoms with Crippen LogP contribution in [0.15, 0.2) is 79.0 Å². The molecular weight excluding hydrogens is 445 g/mol. The van der Waals surface area contributed by atoms with E-state index in [1.807, 2.05) is 35.0 Å². The van der Waals surface area contributed by atoms with Crippen molar-refractivity contribution in [2.45, 2.75) is 31.5 Å². The number of halogens is 4. The van der Waals surface area contributed by atoms with E-state index in [-0.39, 0.29) is 0 Å². The molecule has 2 heterocycles. The molecule has 170 valence electrons. The minimum absolute atomic E-state index is 0.478.